The Morgan fingerprint density at radius 2 is 1.89 bits per heavy atom. The minimum absolute atomic E-state index is 0.173. The summed E-state index contributed by atoms with van der Waals surface area (Å²) in [7, 11) is 2.10. The molecule has 1 aromatic rings. The van der Waals surface area contributed by atoms with Gasteiger partial charge in [-0.1, -0.05) is 30.3 Å². The summed E-state index contributed by atoms with van der Waals surface area (Å²) in [5.74, 6) is -0.287. The second-order valence-corrected chi connectivity index (χ2v) is 5.69. The van der Waals surface area contributed by atoms with Crippen LogP contribution < -0.4 is 4.90 Å². The van der Waals surface area contributed by atoms with Gasteiger partial charge in [-0.05, 0) is 32.4 Å². The first kappa shape index (κ1) is 15.4. The number of esters is 1. The monoisotopic (exact) mass is 262 g/mol. The van der Waals surface area contributed by atoms with E-state index in [9.17, 15) is 4.79 Å². The molecule has 0 amide bonds. The molecule has 0 heterocycles. The highest BCUT2D eigenvalue weighted by atomic mass is 16.5. The first-order chi connectivity index (χ1) is 8.89. The van der Waals surface area contributed by atoms with E-state index in [-0.39, 0.29) is 11.5 Å². The van der Waals surface area contributed by atoms with Crippen LogP contribution in [0.25, 0.3) is 6.08 Å². The Balaban J connectivity index is 2.31. The van der Waals surface area contributed by atoms with Crippen LogP contribution in [0.4, 0.5) is 0 Å². The molecule has 0 aromatic heterocycles. The first-order valence-electron chi connectivity index (χ1n) is 6.62. The maximum Gasteiger partial charge on any atom is 0.330 e. The van der Waals surface area contributed by atoms with Crippen molar-refractivity contribution in [2.24, 2.45) is 0 Å². The minimum atomic E-state index is -0.287. The number of nitrogens with one attached hydrogen (secondary N) is 1. The van der Waals surface area contributed by atoms with E-state index in [0.29, 0.717) is 6.61 Å². The van der Waals surface area contributed by atoms with Gasteiger partial charge in [-0.2, -0.15) is 0 Å². The number of carbonyl (C=O) groups is 1. The largest absolute Gasteiger partial charge is 0.457 e. The molecule has 1 aromatic carbocycles. The number of quaternary nitrogens is 1. The van der Waals surface area contributed by atoms with Crippen molar-refractivity contribution in [1.29, 1.82) is 0 Å². The van der Waals surface area contributed by atoms with Gasteiger partial charge in [0.1, 0.15) is 13.2 Å². The van der Waals surface area contributed by atoms with Gasteiger partial charge in [-0.25, -0.2) is 4.79 Å². The molecule has 19 heavy (non-hydrogen) atoms. The highest BCUT2D eigenvalue weighted by molar-refractivity contribution is 5.86. The molecule has 104 valence electrons. The Labute approximate surface area is 115 Å². The lowest BCUT2D eigenvalue weighted by atomic mass is 10.1. The minimum Gasteiger partial charge on any atom is -0.457 e. The Morgan fingerprint density at radius 1 is 1.26 bits per heavy atom. The molecule has 0 fully saturated rings. The zero-order valence-electron chi connectivity index (χ0n) is 12.3. The quantitative estimate of drug-likeness (QED) is 0.645. The summed E-state index contributed by atoms with van der Waals surface area (Å²) in [6, 6.07) is 9.71. The number of ether oxygens (including phenoxy) is 1. The first-order valence-corrected chi connectivity index (χ1v) is 6.62. The summed E-state index contributed by atoms with van der Waals surface area (Å²) < 4.78 is 5.18. The fraction of sp³-hybridized carbons (Fsp3) is 0.438. The lowest BCUT2D eigenvalue weighted by Crippen LogP contribution is -3.16. The molecule has 0 saturated carbocycles. The zero-order chi connectivity index (χ0) is 14.3. The van der Waals surface area contributed by atoms with Crippen LogP contribution in [0.3, 0.4) is 0 Å². The number of hydrogen-bond donors (Lipinski definition) is 1. The number of likely N-dealkylation sites (N-methyl/N-ethyl adjacent to an activating group) is 1. The van der Waals surface area contributed by atoms with Crippen molar-refractivity contribution in [2.75, 3.05) is 20.2 Å². The molecule has 3 nitrogen and oxygen atoms in total. The fourth-order valence-electron chi connectivity index (χ4n) is 1.46. The predicted molar refractivity (Wildman–Crippen MR) is 77.9 cm³/mol. The van der Waals surface area contributed by atoms with Crippen LogP contribution in [0.15, 0.2) is 36.4 Å². The van der Waals surface area contributed by atoms with Crippen molar-refractivity contribution in [2.45, 2.75) is 26.3 Å². The third kappa shape index (κ3) is 6.20. The van der Waals surface area contributed by atoms with Crippen molar-refractivity contribution in [3.63, 3.8) is 0 Å². The van der Waals surface area contributed by atoms with Gasteiger partial charge in [0.25, 0.3) is 0 Å². The van der Waals surface area contributed by atoms with Gasteiger partial charge < -0.3 is 9.64 Å². The molecule has 0 aliphatic heterocycles. The third-order valence-electron chi connectivity index (χ3n) is 3.21. The van der Waals surface area contributed by atoms with Crippen molar-refractivity contribution < 1.29 is 14.4 Å². The third-order valence-corrected chi connectivity index (χ3v) is 3.21. The molecule has 0 aliphatic carbocycles. The number of hydrogen-bond acceptors (Lipinski definition) is 2. The van der Waals surface area contributed by atoms with Gasteiger partial charge in [0.15, 0.2) is 0 Å². The van der Waals surface area contributed by atoms with Gasteiger partial charge >= 0.3 is 5.97 Å². The molecular weight excluding hydrogens is 238 g/mol. The van der Waals surface area contributed by atoms with E-state index in [1.54, 1.807) is 6.08 Å². The summed E-state index contributed by atoms with van der Waals surface area (Å²) >= 11 is 0. The maximum atomic E-state index is 11.5. The highest BCUT2D eigenvalue weighted by Gasteiger charge is 2.20. The normalized spacial score (nSPS) is 13.5. The molecule has 1 atom stereocenters. The second kappa shape index (κ2) is 7.10. The summed E-state index contributed by atoms with van der Waals surface area (Å²) in [6.45, 7) is 7.76. The SMILES string of the molecule is C[NH+](CCOC(=O)/C=C/c1ccccc1)C(C)(C)C. The maximum absolute atomic E-state index is 11.5. The van der Waals surface area contributed by atoms with E-state index in [4.69, 9.17) is 4.74 Å². The van der Waals surface area contributed by atoms with Gasteiger partial charge in [-0.3, -0.25) is 0 Å². The van der Waals surface area contributed by atoms with E-state index in [1.807, 2.05) is 30.3 Å². The van der Waals surface area contributed by atoms with E-state index in [2.05, 4.69) is 27.8 Å². The summed E-state index contributed by atoms with van der Waals surface area (Å²) in [5.41, 5.74) is 1.17. The Bertz CT molecular complexity index is 418. The van der Waals surface area contributed by atoms with Gasteiger partial charge in [0.05, 0.1) is 12.6 Å². The average molecular weight is 262 g/mol. The molecule has 1 N–H and O–H groups in total. The summed E-state index contributed by atoms with van der Waals surface area (Å²) in [4.78, 5) is 12.9. The van der Waals surface area contributed by atoms with Crippen LogP contribution in [0.5, 0.6) is 0 Å². The molecule has 1 rings (SSSR count). The van der Waals surface area contributed by atoms with E-state index >= 15 is 0 Å². The van der Waals surface area contributed by atoms with Gasteiger partial charge in [0, 0.05) is 6.08 Å². The Kier molecular flexibility index (Phi) is 5.77. The van der Waals surface area contributed by atoms with Crippen LogP contribution in [0, 0.1) is 0 Å². The molecule has 0 radical (unpaired) electrons. The van der Waals surface area contributed by atoms with Gasteiger partial charge in [0.2, 0.25) is 0 Å². The van der Waals surface area contributed by atoms with E-state index in [1.165, 1.54) is 11.0 Å². The molecule has 1 unspecified atom stereocenters. The highest BCUT2D eigenvalue weighted by Crippen LogP contribution is 2.00. The van der Waals surface area contributed by atoms with E-state index in [0.717, 1.165) is 12.1 Å². The smallest absolute Gasteiger partial charge is 0.330 e. The Morgan fingerprint density at radius 3 is 2.47 bits per heavy atom. The number of benzene rings is 1. The number of rotatable bonds is 5. The van der Waals surface area contributed by atoms with Crippen molar-refractivity contribution in [1.82, 2.24) is 0 Å². The second-order valence-electron chi connectivity index (χ2n) is 5.69. The van der Waals surface area contributed by atoms with E-state index < -0.39 is 0 Å². The van der Waals surface area contributed by atoms with Crippen LogP contribution in [0.1, 0.15) is 26.3 Å². The lowest BCUT2D eigenvalue weighted by molar-refractivity contribution is -0.927. The summed E-state index contributed by atoms with van der Waals surface area (Å²) in [6.07, 6.45) is 3.24. The van der Waals surface area contributed by atoms with Crippen molar-refractivity contribution in [3.05, 3.63) is 42.0 Å². The molecule has 0 saturated heterocycles. The fourth-order valence-corrected chi connectivity index (χ4v) is 1.46. The standard InChI is InChI=1S/C16H23NO2/c1-16(2,3)17(4)12-13-19-15(18)11-10-14-8-6-5-7-9-14/h5-11H,12-13H2,1-4H3/p+1/b11-10+. The number of carbonyl (C=O) groups excluding carboxylic acids is 1. The molecule has 3 heteroatoms. The molecule has 0 spiro atoms. The Hall–Kier alpha value is -1.61. The van der Waals surface area contributed by atoms with Crippen LogP contribution in [-0.2, 0) is 9.53 Å². The van der Waals surface area contributed by atoms with Crippen LogP contribution >= 0.6 is 0 Å². The topological polar surface area (TPSA) is 30.7 Å². The molecule has 0 bridgehead atoms. The van der Waals surface area contributed by atoms with Crippen molar-refractivity contribution in [3.8, 4) is 0 Å². The summed E-state index contributed by atoms with van der Waals surface area (Å²) in [5, 5.41) is 0. The van der Waals surface area contributed by atoms with Gasteiger partial charge in [-0.15, -0.1) is 0 Å². The predicted octanol–water partition coefficient (Wildman–Crippen LogP) is 1.56. The molecular formula is C16H24NO2+. The van der Waals surface area contributed by atoms with Crippen LogP contribution in [0.2, 0.25) is 0 Å². The zero-order valence-corrected chi connectivity index (χ0v) is 12.3. The van der Waals surface area contributed by atoms with Crippen molar-refractivity contribution >= 4 is 12.0 Å². The lowest BCUT2D eigenvalue weighted by Gasteiger charge is -2.28. The molecule has 0 aliphatic rings. The van der Waals surface area contributed by atoms with Crippen LogP contribution in [-0.4, -0.2) is 31.7 Å². The average Bonchev–Trinajstić information content (AvgIpc) is 2.36.